The Morgan fingerprint density at radius 3 is 1.23 bits per heavy atom. The molecule has 1 amide bonds. The molecule has 5 heteroatoms. The van der Waals surface area contributed by atoms with Crippen LogP contribution in [0.1, 0.15) is 187 Å². The van der Waals surface area contributed by atoms with Crippen LogP contribution in [0.25, 0.3) is 0 Å². The molecule has 3 unspecified atom stereocenters. The van der Waals surface area contributed by atoms with Gasteiger partial charge in [0.15, 0.2) is 0 Å². The predicted molar refractivity (Wildman–Crippen MR) is 167 cm³/mol. The molecule has 0 aliphatic carbocycles. The van der Waals surface area contributed by atoms with Crippen LogP contribution < -0.4 is 5.32 Å². The second kappa shape index (κ2) is 30.3. The van der Waals surface area contributed by atoms with E-state index in [0.717, 1.165) is 25.7 Å². The van der Waals surface area contributed by atoms with E-state index < -0.39 is 18.2 Å². The first-order valence-electron chi connectivity index (χ1n) is 17.3. The Balaban J connectivity index is 3.64. The van der Waals surface area contributed by atoms with Crippen LogP contribution in [-0.4, -0.2) is 46.1 Å². The third kappa shape index (κ3) is 27.3. The number of nitrogens with one attached hydrogen (secondary N) is 1. The van der Waals surface area contributed by atoms with E-state index in [1.165, 1.54) is 128 Å². The van der Waals surface area contributed by atoms with E-state index in [0.29, 0.717) is 12.8 Å². The molecule has 0 saturated heterocycles. The summed E-state index contributed by atoms with van der Waals surface area (Å²) >= 11 is 0. The van der Waals surface area contributed by atoms with Crippen LogP contribution in [0.2, 0.25) is 0 Å². The maximum absolute atomic E-state index is 12.3. The Kier molecular flexibility index (Phi) is 29.8. The molecule has 0 fully saturated rings. The van der Waals surface area contributed by atoms with Crippen molar-refractivity contribution in [2.45, 2.75) is 205 Å². The number of carbonyl (C=O) groups is 1. The first-order valence-corrected chi connectivity index (χ1v) is 17.3. The van der Waals surface area contributed by atoms with Crippen LogP contribution >= 0.6 is 0 Å². The van der Waals surface area contributed by atoms with Crippen molar-refractivity contribution in [2.24, 2.45) is 0 Å². The van der Waals surface area contributed by atoms with Crippen molar-refractivity contribution in [3.8, 4) is 0 Å². The van der Waals surface area contributed by atoms with Gasteiger partial charge in [0.05, 0.1) is 31.3 Å². The molecule has 0 aliphatic rings. The second-order valence-corrected chi connectivity index (χ2v) is 12.1. The topological polar surface area (TPSA) is 89.8 Å². The van der Waals surface area contributed by atoms with Crippen molar-refractivity contribution in [3.63, 3.8) is 0 Å². The van der Waals surface area contributed by atoms with Crippen LogP contribution in [-0.2, 0) is 4.79 Å². The molecule has 4 N–H and O–H groups in total. The summed E-state index contributed by atoms with van der Waals surface area (Å²) in [7, 11) is 0. The SMILES string of the molecule is CCCCCCCCCCCCCCCCCCC(O)C(CO)NC(=O)CC(O)CCCCCCCCCC. The highest BCUT2D eigenvalue weighted by molar-refractivity contribution is 5.76. The molecule has 0 saturated carbocycles. The van der Waals surface area contributed by atoms with Crippen LogP contribution in [0.15, 0.2) is 0 Å². The molecule has 0 bridgehead atoms. The molecular weight excluding hydrogens is 486 g/mol. The lowest BCUT2D eigenvalue weighted by atomic mass is 10.0. The van der Waals surface area contributed by atoms with Gasteiger partial charge in [0.1, 0.15) is 0 Å². The van der Waals surface area contributed by atoms with E-state index in [1.807, 2.05) is 0 Å². The molecular formula is C34H69NO4. The van der Waals surface area contributed by atoms with Crippen molar-refractivity contribution in [3.05, 3.63) is 0 Å². The lowest BCUT2D eigenvalue weighted by molar-refractivity contribution is -0.125. The van der Waals surface area contributed by atoms with Gasteiger partial charge in [0.2, 0.25) is 5.91 Å². The molecule has 0 heterocycles. The number of hydrogen-bond acceptors (Lipinski definition) is 4. The lowest BCUT2D eigenvalue weighted by Crippen LogP contribution is -2.46. The predicted octanol–water partition coefficient (Wildman–Crippen LogP) is 8.76. The molecule has 39 heavy (non-hydrogen) atoms. The highest BCUT2D eigenvalue weighted by atomic mass is 16.3. The molecule has 0 aromatic carbocycles. The van der Waals surface area contributed by atoms with Crippen molar-refractivity contribution < 1.29 is 20.1 Å². The van der Waals surface area contributed by atoms with Gasteiger partial charge in [-0.1, -0.05) is 168 Å². The van der Waals surface area contributed by atoms with Crippen LogP contribution in [0.4, 0.5) is 0 Å². The van der Waals surface area contributed by atoms with E-state index in [1.54, 1.807) is 0 Å². The summed E-state index contributed by atoms with van der Waals surface area (Å²) in [6, 6.07) is -0.649. The summed E-state index contributed by atoms with van der Waals surface area (Å²) < 4.78 is 0. The summed E-state index contributed by atoms with van der Waals surface area (Å²) in [6.07, 6.45) is 30.6. The standard InChI is InChI=1S/C34H69NO4/c1-3-5-7-9-11-13-14-15-16-17-18-19-20-22-24-26-28-33(38)32(30-36)35-34(39)29-31(37)27-25-23-21-12-10-8-6-4-2/h31-33,36-38H,3-30H2,1-2H3,(H,35,39). The van der Waals surface area contributed by atoms with Crippen LogP contribution in [0.3, 0.4) is 0 Å². The zero-order valence-corrected chi connectivity index (χ0v) is 26.3. The van der Waals surface area contributed by atoms with E-state index in [4.69, 9.17) is 0 Å². The number of hydrogen-bond donors (Lipinski definition) is 4. The molecule has 0 rings (SSSR count). The van der Waals surface area contributed by atoms with Crippen molar-refractivity contribution in [1.29, 1.82) is 0 Å². The van der Waals surface area contributed by atoms with E-state index in [9.17, 15) is 20.1 Å². The number of unbranched alkanes of at least 4 members (excludes halogenated alkanes) is 22. The fourth-order valence-electron chi connectivity index (χ4n) is 5.46. The summed E-state index contributed by atoms with van der Waals surface area (Å²) in [5.41, 5.74) is 0. The normalized spacial score (nSPS) is 13.9. The average molecular weight is 556 g/mol. The van der Waals surface area contributed by atoms with Crippen molar-refractivity contribution in [2.75, 3.05) is 6.61 Å². The second-order valence-electron chi connectivity index (χ2n) is 12.1. The van der Waals surface area contributed by atoms with E-state index >= 15 is 0 Å². The summed E-state index contributed by atoms with van der Waals surface area (Å²) in [6.45, 7) is 4.22. The zero-order chi connectivity index (χ0) is 28.8. The quantitative estimate of drug-likeness (QED) is 0.0644. The maximum atomic E-state index is 12.3. The smallest absolute Gasteiger partial charge is 0.222 e. The molecule has 0 radical (unpaired) electrons. The van der Waals surface area contributed by atoms with Crippen molar-refractivity contribution >= 4 is 5.91 Å². The van der Waals surface area contributed by atoms with Gasteiger partial charge < -0.3 is 20.6 Å². The van der Waals surface area contributed by atoms with Gasteiger partial charge in [-0.3, -0.25) is 4.79 Å². The molecule has 0 aromatic heterocycles. The first kappa shape index (κ1) is 38.4. The van der Waals surface area contributed by atoms with Gasteiger partial charge in [-0.05, 0) is 12.8 Å². The third-order valence-corrected chi connectivity index (χ3v) is 8.17. The number of rotatable bonds is 31. The van der Waals surface area contributed by atoms with Crippen LogP contribution in [0.5, 0.6) is 0 Å². The lowest BCUT2D eigenvalue weighted by Gasteiger charge is -2.23. The number of aliphatic hydroxyl groups excluding tert-OH is 3. The first-order chi connectivity index (χ1) is 19.0. The Labute approximate surface area is 243 Å². The summed E-state index contributed by atoms with van der Waals surface area (Å²) in [4.78, 5) is 12.3. The van der Waals surface area contributed by atoms with Gasteiger partial charge in [-0.2, -0.15) is 0 Å². The van der Waals surface area contributed by atoms with E-state index in [2.05, 4.69) is 19.2 Å². The molecule has 5 nitrogen and oxygen atoms in total. The third-order valence-electron chi connectivity index (χ3n) is 8.17. The number of amides is 1. The monoisotopic (exact) mass is 556 g/mol. The van der Waals surface area contributed by atoms with Crippen LogP contribution in [0, 0.1) is 0 Å². The fourth-order valence-corrected chi connectivity index (χ4v) is 5.46. The van der Waals surface area contributed by atoms with Gasteiger partial charge in [-0.25, -0.2) is 0 Å². The highest BCUT2D eigenvalue weighted by Crippen LogP contribution is 2.15. The minimum Gasteiger partial charge on any atom is -0.394 e. The largest absolute Gasteiger partial charge is 0.394 e. The van der Waals surface area contributed by atoms with Gasteiger partial charge >= 0.3 is 0 Å². The van der Waals surface area contributed by atoms with Crippen molar-refractivity contribution in [1.82, 2.24) is 5.32 Å². The fraction of sp³-hybridized carbons (Fsp3) is 0.971. The van der Waals surface area contributed by atoms with Gasteiger partial charge in [0.25, 0.3) is 0 Å². The minimum absolute atomic E-state index is 0.0404. The Hall–Kier alpha value is -0.650. The number of carbonyl (C=O) groups excluding carboxylic acids is 1. The molecule has 3 atom stereocenters. The summed E-state index contributed by atoms with van der Waals surface area (Å²) in [5, 5.41) is 33.0. The number of aliphatic hydroxyl groups is 3. The van der Waals surface area contributed by atoms with Gasteiger partial charge in [0, 0.05) is 0 Å². The van der Waals surface area contributed by atoms with Gasteiger partial charge in [-0.15, -0.1) is 0 Å². The maximum Gasteiger partial charge on any atom is 0.222 e. The Bertz CT molecular complexity index is 502. The molecule has 0 spiro atoms. The summed E-state index contributed by atoms with van der Waals surface area (Å²) in [5.74, 6) is -0.285. The minimum atomic E-state index is -0.740. The molecule has 0 aliphatic heterocycles. The molecule has 234 valence electrons. The average Bonchev–Trinajstić information content (AvgIpc) is 2.92. The Morgan fingerprint density at radius 2 is 0.872 bits per heavy atom. The Morgan fingerprint density at radius 1 is 0.538 bits per heavy atom. The highest BCUT2D eigenvalue weighted by Gasteiger charge is 2.21. The molecule has 0 aromatic rings. The van der Waals surface area contributed by atoms with E-state index in [-0.39, 0.29) is 18.9 Å². The zero-order valence-electron chi connectivity index (χ0n) is 26.3.